The molecule has 1 fully saturated rings. The molecule has 1 N–H and O–H groups in total. The van der Waals surface area contributed by atoms with E-state index in [4.69, 9.17) is 11.6 Å². The normalized spacial score (nSPS) is 16.6. The van der Waals surface area contributed by atoms with Crippen LogP contribution in [0.5, 0.6) is 0 Å². The van der Waals surface area contributed by atoms with Gasteiger partial charge in [0.2, 0.25) is 0 Å². The zero-order valence-corrected chi connectivity index (χ0v) is 11.4. The van der Waals surface area contributed by atoms with E-state index in [1.807, 2.05) is 17.8 Å². The van der Waals surface area contributed by atoms with Crippen LogP contribution in [0.2, 0.25) is 5.15 Å². The molecule has 2 heterocycles. The van der Waals surface area contributed by atoms with Crippen LogP contribution in [0.3, 0.4) is 0 Å². The molecule has 5 nitrogen and oxygen atoms in total. The molecular weight excluding hydrogens is 264 g/mol. The van der Waals surface area contributed by atoms with Crippen molar-refractivity contribution in [1.82, 2.24) is 19.7 Å². The lowest BCUT2D eigenvalue weighted by Crippen LogP contribution is -2.04. The largest absolute Gasteiger partial charge is 0.382 e. The van der Waals surface area contributed by atoms with Crippen molar-refractivity contribution in [3.05, 3.63) is 40.7 Å². The summed E-state index contributed by atoms with van der Waals surface area (Å²) in [4.78, 5) is 8.03. The highest BCUT2D eigenvalue weighted by Crippen LogP contribution is 2.32. The van der Waals surface area contributed by atoms with E-state index in [9.17, 15) is 5.11 Å². The lowest BCUT2D eigenvalue weighted by Gasteiger charge is -2.09. The van der Waals surface area contributed by atoms with Gasteiger partial charge in [0, 0.05) is 30.7 Å². The molecule has 0 radical (unpaired) electrons. The number of aliphatic hydroxyl groups is 1. The van der Waals surface area contributed by atoms with E-state index in [0.29, 0.717) is 5.69 Å². The summed E-state index contributed by atoms with van der Waals surface area (Å²) in [6.07, 6.45) is 6.56. The molecule has 2 aromatic heterocycles. The Morgan fingerprint density at radius 3 is 2.84 bits per heavy atom. The summed E-state index contributed by atoms with van der Waals surface area (Å²) in [7, 11) is 0. The van der Waals surface area contributed by atoms with Gasteiger partial charge in [-0.25, -0.2) is 4.98 Å². The molecule has 100 valence electrons. The van der Waals surface area contributed by atoms with Crippen LogP contribution in [0, 0.1) is 12.8 Å². The molecule has 0 amide bonds. The van der Waals surface area contributed by atoms with Gasteiger partial charge in [-0.3, -0.25) is 9.67 Å². The van der Waals surface area contributed by atoms with E-state index in [1.165, 1.54) is 25.2 Å². The van der Waals surface area contributed by atoms with Crippen molar-refractivity contribution in [1.29, 1.82) is 0 Å². The number of hydrogen-bond donors (Lipinski definition) is 1. The second-order valence-corrected chi connectivity index (χ2v) is 5.33. The van der Waals surface area contributed by atoms with Gasteiger partial charge in [0.15, 0.2) is 5.15 Å². The van der Waals surface area contributed by atoms with Crippen LogP contribution in [0.4, 0.5) is 0 Å². The SMILES string of the molecule is Cc1nn(CC2CC2)cc1C(O)c1nccnc1Cl. The summed E-state index contributed by atoms with van der Waals surface area (Å²) < 4.78 is 1.90. The molecule has 0 spiro atoms. The number of aliphatic hydroxyl groups excluding tert-OH is 1. The predicted molar refractivity (Wildman–Crippen MR) is 70.8 cm³/mol. The average molecular weight is 279 g/mol. The quantitative estimate of drug-likeness (QED) is 0.930. The summed E-state index contributed by atoms with van der Waals surface area (Å²) in [5.74, 6) is 0.740. The second-order valence-electron chi connectivity index (χ2n) is 4.97. The fraction of sp³-hybridized carbons (Fsp3) is 0.462. The zero-order chi connectivity index (χ0) is 13.4. The molecule has 3 rings (SSSR count). The third-order valence-electron chi connectivity index (χ3n) is 3.36. The average Bonchev–Trinajstić information content (AvgIpc) is 3.12. The fourth-order valence-corrected chi connectivity index (χ4v) is 2.33. The van der Waals surface area contributed by atoms with Gasteiger partial charge in [-0.2, -0.15) is 5.10 Å². The van der Waals surface area contributed by atoms with Crippen LogP contribution in [-0.4, -0.2) is 24.9 Å². The Labute approximate surface area is 116 Å². The third-order valence-corrected chi connectivity index (χ3v) is 3.65. The summed E-state index contributed by atoms with van der Waals surface area (Å²) in [5.41, 5.74) is 1.91. The molecule has 1 saturated carbocycles. The molecule has 0 saturated heterocycles. The van der Waals surface area contributed by atoms with Gasteiger partial charge in [-0.15, -0.1) is 0 Å². The number of nitrogens with zero attached hydrogens (tertiary/aromatic N) is 4. The second kappa shape index (κ2) is 4.90. The third kappa shape index (κ3) is 2.62. The van der Waals surface area contributed by atoms with Crippen LogP contribution in [0.1, 0.15) is 35.9 Å². The van der Waals surface area contributed by atoms with Crippen LogP contribution in [0.15, 0.2) is 18.6 Å². The lowest BCUT2D eigenvalue weighted by molar-refractivity contribution is 0.214. The Morgan fingerprint density at radius 1 is 1.42 bits per heavy atom. The van der Waals surface area contributed by atoms with Crippen molar-refractivity contribution < 1.29 is 5.11 Å². The maximum Gasteiger partial charge on any atom is 0.153 e. The molecule has 2 aromatic rings. The first-order chi connectivity index (χ1) is 9.15. The fourth-order valence-electron chi connectivity index (χ4n) is 2.12. The standard InChI is InChI=1S/C13H15ClN4O/c1-8-10(7-18(17-8)6-9-2-3-9)12(19)11-13(14)16-5-4-15-11/h4-5,7,9,12,19H,2-3,6H2,1H3. The summed E-state index contributed by atoms with van der Waals surface area (Å²) in [5, 5.41) is 15.0. The number of rotatable bonds is 4. The maximum absolute atomic E-state index is 10.4. The molecule has 0 aromatic carbocycles. The lowest BCUT2D eigenvalue weighted by atomic mass is 10.1. The van der Waals surface area contributed by atoms with E-state index in [2.05, 4.69) is 15.1 Å². The number of hydrogen-bond acceptors (Lipinski definition) is 4. The number of aromatic nitrogens is 4. The Morgan fingerprint density at radius 2 is 2.16 bits per heavy atom. The minimum atomic E-state index is -0.880. The van der Waals surface area contributed by atoms with E-state index in [0.717, 1.165) is 23.7 Å². The smallest absolute Gasteiger partial charge is 0.153 e. The highest BCUT2D eigenvalue weighted by molar-refractivity contribution is 6.30. The van der Waals surface area contributed by atoms with Gasteiger partial charge in [-0.1, -0.05) is 11.6 Å². The van der Waals surface area contributed by atoms with Crippen molar-refractivity contribution in [3.8, 4) is 0 Å². The molecular formula is C13H15ClN4O. The summed E-state index contributed by atoms with van der Waals surface area (Å²) in [6, 6.07) is 0. The molecule has 0 bridgehead atoms. The molecule has 1 unspecified atom stereocenters. The van der Waals surface area contributed by atoms with Crippen molar-refractivity contribution in [2.45, 2.75) is 32.4 Å². The van der Waals surface area contributed by atoms with Crippen molar-refractivity contribution >= 4 is 11.6 Å². The van der Waals surface area contributed by atoms with Gasteiger partial charge in [-0.05, 0) is 25.7 Å². The minimum absolute atomic E-state index is 0.226. The van der Waals surface area contributed by atoms with Gasteiger partial charge < -0.3 is 5.11 Å². The molecule has 0 aliphatic heterocycles. The number of halogens is 1. The van der Waals surface area contributed by atoms with Crippen molar-refractivity contribution in [2.75, 3.05) is 0 Å². The van der Waals surface area contributed by atoms with Crippen LogP contribution in [0.25, 0.3) is 0 Å². The molecule has 19 heavy (non-hydrogen) atoms. The van der Waals surface area contributed by atoms with E-state index >= 15 is 0 Å². The first-order valence-corrected chi connectivity index (χ1v) is 6.71. The van der Waals surface area contributed by atoms with Gasteiger partial charge in [0.25, 0.3) is 0 Å². The molecule has 6 heteroatoms. The maximum atomic E-state index is 10.4. The first-order valence-electron chi connectivity index (χ1n) is 6.33. The summed E-state index contributed by atoms with van der Waals surface area (Å²) >= 11 is 5.96. The van der Waals surface area contributed by atoms with Crippen LogP contribution in [-0.2, 0) is 6.54 Å². The highest BCUT2D eigenvalue weighted by atomic mass is 35.5. The Kier molecular flexibility index (Phi) is 3.24. The highest BCUT2D eigenvalue weighted by Gasteiger charge is 2.24. The van der Waals surface area contributed by atoms with Crippen LogP contribution < -0.4 is 0 Å². The van der Waals surface area contributed by atoms with Crippen LogP contribution >= 0.6 is 11.6 Å². The Bertz CT molecular complexity index is 594. The van der Waals surface area contributed by atoms with Gasteiger partial charge in [0.05, 0.1) is 5.69 Å². The van der Waals surface area contributed by atoms with Gasteiger partial charge in [0.1, 0.15) is 11.8 Å². The zero-order valence-electron chi connectivity index (χ0n) is 10.6. The topological polar surface area (TPSA) is 63.8 Å². The van der Waals surface area contributed by atoms with E-state index in [1.54, 1.807) is 0 Å². The predicted octanol–water partition coefficient (Wildman–Crippen LogP) is 2.13. The Balaban J connectivity index is 1.88. The monoisotopic (exact) mass is 278 g/mol. The van der Waals surface area contributed by atoms with E-state index < -0.39 is 6.10 Å². The molecule has 1 aliphatic carbocycles. The molecule has 1 aliphatic rings. The van der Waals surface area contributed by atoms with E-state index in [-0.39, 0.29) is 5.15 Å². The summed E-state index contributed by atoms with van der Waals surface area (Å²) in [6.45, 7) is 2.80. The first kappa shape index (κ1) is 12.6. The van der Waals surface area contributed by atoms with Gasteiger partial charge >= 0.3 is 0 Å². The Hall–Kier alpha value is -1.46. The molecule has 1 atom stereocenters. The van der Waals surface area contributed by atoms with Crippen molar-refractivity contribution in [2.24, 2.45) is 5.92 Å². The minimum Gasteiger partial charge on any atom is -0.382 e. The van der Waals surface area contributed by atoms with Crippen molar-refractivity contribution in [3.63, 3.8) is 0 Å². The number of aryl methyl sites for hydroxylation is 1.